The van der Waals surface area contributed by atoms with E-state index in [1.165, 1.54) is 12.1 Å². The molecule has 66 valence electrons. The van der Waals surface area contributed by atoms with E-state index in [9.17, 15) is 4.39 Å². The molecule has 2 nitrogen and oxygen atoms in total. The van der Waals surface area contributed by atoms with E-state index < -0.39 is 8.38 Å². The zero-order valence-electron chi connectivity index (χ0n) is 6.95. The van der Waals surface area contributed by atoms with Gasteiger partial charge in [-0.1, -0.05) is 6.07 Å². The molecule has 0 aromatic heterocycles. The maximum atomic E-state index is 12.7. The number of hydrogen-bond acceptors (Lipinski definition) is 2. The molecule has 1 aromatic carbocycles. The second kappa shape index (κ2) is 4.51. The average molecular weight is 188 g/mol. The summed E-state index contributed by atoms with van der Waals surface area (Å²) >= 11 is 0. The number of hydrogen-bond donors (Lipinski definition) is 0. The van der Waals surface area contributed by atoms with Gasteiger partial charge in [0.05, 0.1) is 0 Å². The van der Waals surface area contributed by atoms with Crippen LogP contribution in [0.15, 0.2) is 24.3 Å². The van der Waals surface area contributed by atoms with Crippen molar-refractivity contribution >= 4 is 13.7 Å². The van der Waals surface area contributed by atoms with Crippen LogP contribution < -0.4 is 5.30 Å². The first-order valence-electron chi connectivity index (χ1n) is 3.42. The first-order chi connectivity index (χ1) is 5.77. The molecule has 0 saturated heterocycles. The van der Waals surface area contributed by atoms with Crippen molar-refractivity contribution in [1.82, 2.24) is 0 Å². The van der Waals surface area contributed by atoms with E-state index >= 15 is 0 Å². The van der Waals surface area contributed by atoms with Crippen molar-refractivity contribution in [3.8, 4) is 0 Å². The Morgan fingerprint density at radius 2 is 1.92 bits per heavy atom. The molecular weight excluding hydrogens is 178 g/mol. The smallest absolute Gasteiger partial charge is 0.204 e. The van der Waals surface area contributed by atoms with Crippen LogP contribution in [0, 0.1) is 5.82 Å². The van der Waals surface area contributed by atoms with Gasteiger partial charge in [0.25, 0.3) is 0 Å². The van der Waals surface area contributed by atoms with Gasteiger partial charge in [-0.15, -0.1) is 0 Å². The lowest BCUT2D eigenvalue weighted by atomic mass is 10.4. The van der Waals surface area contributed by atoms with Crippen molar-refractivity contribution in [1.29, 1.82) is 0 Å². The largest absolute Gasteiger partial charge is 0.334 e. The molecule has 0 N–H and O–H groups in total. The van der Waals surface area contributed by atoms with Crippen LogP contribution in [0.25, 0.3) is 0 Å². The summed E-state index contributed by atoms with van der Waals surface area (Å²) in [4.78, 5) is 0. The van der Waals surface area contributed by atoms with Crippen LogP contribution >= 0.6 is 8.38 Å². The number of benzene rings is 1. The van der Waals surface area contributed by atoms with Crippen molar-refractivity contribution in [2.45, 2.75) is 0 Å². The fourth-order valence-electron chi connectivity index (χ4n) is 0.875. The third kappa shape index (κ3) is 2.24. The molecule has 0 aliphatic carbocycles. The van der Waals surface area contributed by atoms with Gasteiger partial charge in [-0.05, 0) is 18.2 Å². The molecule has 0 atom stereocenters. The van der Waals surface area contributed by atoms with Gasteiger partial charge in [0.2, 0.25) is 8.38 Å². The van der Waals surface area contributed by atoms with Gasteiger partial charge in [0.15, 0.2) is 0 Å². The summed E-state index contributed by atoms with van der Waals surface area (Å²) in [6.07, 6.45) is 0. The fourth-order valence-corrected chi connectivity index (χ4v) is 1.88. The minimum Gasteiger partial charge on any atom is -0.334 e. The molecule has 0 unspecified atom stereocenters. The Bertz CT molecular complexity index is 251. The maximum absolute atomic E-state index is 12.7. The third-order valence-electron chi connectivity index (χ3n) is 1.35. The van der Waals surface area contributed by atoms with Crippen LogP contribution in [-0.2, 0) is 9.05 Å². The summed E-state index contributed by atoms with van der Waals surface area (Å²) < 4.78 is 22.7. The third-order valence-corrected chi connectivity index (χ3v) is 2.71. The molecular formula is C8H10FO2P. The molecule has 4 heteroatoms. The summed E-state index contributed by atoms with van der Waals surface area (Å²) in [7, 11) is 1.98. The molecule has 0 radical (unpaired) electrons. The molecule has 0 amide bonds. The highest BCUT2D eigenvalue weighted by Gasteiger charge is 2.09. The normalized spacial score (nSPS) is 10.7. The first-order valence-corrected chi connectivity index (χ1v) is 4.59. The fraction of sp³-hybridized carbons (Fsp3) is 0.250. The summed E-state index contributed by atoms with van der Waals surface area (Å²) in [6.45, 7) is 0. The van der Waals surface area contributed by atoms with Crippen molar-refractivity contribution in [3.63, 3.8) is 0 Å². The Morgan fingerprint density at radius 1 is 1.25 bits per heavy atom. The monoisotopic (exact) mass is 188 g/mol. The zero-order valence-corrected chi connectivity index (χ0v) is 7.85. The topological polar surface area (TPSA) is 18.5 Å². The number of halogens is 1. The summed E-state index contributed by atoms with van der Waals surface area (Å²) in [5.74, 6) is -0.269. The summed E-state index contributed by atoms with van der Waals surface area (Å²) in [6, 6.07) is 6.22. The van der Waals surface area contributed by atoms with Crippen LogP contribution in [0.2, 0.25) is 0 Å². The second-order valence-corrected chi connectivity index (χ2v) is 3.86. The molecule has 0 heterocycles. The van der Waals surface area contributed by atoms with Gasteiger partial charge in [-0.25, -0.2) is 4.39 Å². The molecule has 0 bridgehead atoms. The SMILES string of the molecule is COP(OC)c1cccc(F)c1. The van der Waals surface area contributed by atoms with Crippen molar-refractivity contribution in [2.75, 3.05) is 14.2 Å². The summed E-state index contributed by atoms with van der Waals surface area (Å²) in [5.41, 5.74) is 0. The maximum Gasteiger partial charge on any atom is 0.204 e. The highest BCUT2D eigenvalue weighted by Crippen LogP contribution is 2.34. The first kappa shape index (κ1) is 9.59. The molecule has 0 aliphatic heterocycles. The lowest BCUT2D eigenvalue weighted by Crippen LogP contribution is -2.03. The predicted molar refractivity (Wildman–Crippen MR) is 47.0 cm³/mol. The van der Waals surface area contributed by atoms with E-state index in [0.29, 0.717) is 0 Å². The van der Waals surface area contributed by atoms with Crippen LogP contribution in [0.4, 0.5) is 4.39 Å². The van der Waals surface area contributed by atoms with Crippen molar-refractivity contribution in [3.05, 3.63) is 30.1 Å². The molecule has 0 aliphatic rings. The van der Waals surface area contributed by atoms with Gasteiger partial charge >= 0.3 is 0 Å². The zero-order chi connectivity index (χ0) is 8.97. The van der Waals surface area contributed by atoms with Crippen molar-refractivity contribution in [2.24, 2.45) is 0 Å². The van der Waals surface area contributed by atoms with E-state index in [1.807, 2.05) is 0 Å². The quantitative estimate of drug-likeness (QED) is 0.676. The second-order valence-electron chi connectivity index (χ2n) is 2.10. The minimum atomic E-state index is -1.11. The molecule has 12 heavy (non-hydrogen) atoms. The van der Waals surface area contributed by atoms with E-state index in [1.54, 1.807) is 26.4 Å². The van der Waals surface area contributed by atoms with E-state index in [2.05, 4.69) is 0 Å². The lowest BCUT2D eigenvalue weighted by Gasteiger charge is -2.11. The molecule has 1 rings (SSSR count). The lowest BCUT2D eigenvalue weighted by molar-refractivity contribution is 0.350. The average Bonchev–Trinajstić information content (AvgIpc) is 2.07. The summed E-state index contributed by atoms with van der Waals surface area (Å²) in [5, 5.41) is 0.745. The van der Waals surface area contributed by atoms with Crippen LogP contribution in [0.1, 0.15) is 0 Å². The Kier molecular flexibility index (Phi) is 3.60. The Hall–Kier alpha value is -0.500. The van der Waals surface area contributed by atoms with E-state index in [-0.39, 0.29) is 5.82 Å². The van der Waals surface area contributed by atoms with Gasteiger partial charge in [-0.2, -0.15) is 0 Å². The molecule has 0 spiro atoms. The molecule has 1 aromatic rings. The van der Waals surface area contributed by atoms with Gasteiger partial charge in [-0.3, -0.25) is 0 Å². The van der Waals surface area contributed by atoms with E-state index in [0.717, 1.165) is 5.30 Å². The van der Waals surface area contributed by atoms with Gasteiger partial charge in [0, 0.05) is 19.5 Å². The van der Waals surface area contributed by atoms with Crippen molar-refractivity contribution < 1.29 is 13.4 Å². The van der Waals surface area contributed by atoms with E-state index in [4.69, 9.17) is 9.05 Å². The number of rotatable bonds is 3. The molecule has 0 fully saturated rings. The predicted octanol–water partition coefficient (Wildman–Crippen LogP) is 2.06. The Balaban J connectivity index is 2.85. The van der Waals surface area contributed by atoms with Crippen LogP contribution in [-0.4, -0.2) is 14.2 Å². The highest BCUT2D eigenvalue weighted by atomic mass is 31.2. The standard InChI is InChI=1S/C8H10FO2P/c1-10-12(11-2)8-5-3-4-7(9)6-8/h3-6H,1-2H3. The van der Waals surface area contributed by atoms with Gasteiger partial charge in [0.1, 0.15) is 5.82 Å². The van der Waals surface area contributed by atoms with Gasteiger partial charge < -0.3 is 9.05 Å². The molecule has 0 saturated carbocycles. The Morgan fingerprint density at radius 3 is 2.42 bits per heavy atom. The van der Waals surface area contributed by atoms with Crippen LogP contribution in [0.5, 0.6) is 0 Å². The minimum absolute atomic E-state index is 0.269. The Labute approximate surface area is 72.2 Å². The van der Waals surface area contributed by atoms with Crippen LogP contribution in [0.3, 0.4) is 0 Å². The highest BCUT2D eigenvalue weighted by molar-refractivity contribution is 7.55.